The maximum atomic E-state index is 2.74. The molecule has 0 spiro atoms. The lowest BCUT2D eigenvalue weighted by Gasteiger charge is -2.62. The van der Waals surface area contributed by atoms with E-state index in [1.165, 1.54) is 18.5 Å². The van der Waals surface area contributed by atoms with Gasteiger partial charge in [0.25, 0.3) is 0 Å². The minimum absolute atomic E-state index is 0.229. The fourth-order valence-electron chi connectivity index (χ4n) is 4.22. The van der Waals surface area contributed by atoms with Gasteiger partial charge in [-0.25, -0.2) is 0 Å². The molecule has 0 aromatic heterocycles. The van der Waals surface area contributed by atoms with Gasteiger partial charge in [-0.05, 0) is 51.3 Å². The van der Waals surface area contributed by atoms with Crippen LogP contribution in [0.25, 0.3) is 0 Å². The predicted molar refractivity (Wildman–Crippen MR) is 89.7 cm³/mol. The first kappa shape index (κ1) is 15.1. The molecular weight excluding hydrogens is 256 g/mol. The number of piperazine rings is 1. The van der Waals surface area contributed by atoms with Gasteiger partial charge in [0.2, 0.25) is 0 Å². The van der Waals surface area contributed by atoms with E-state index in [-0.39, 0.29) is 5.54 Å². The molecule has 3 atom stereocenters. The SMILES string of the molecule is CC(C)c1ccccc1C1C2CC(CN1C(C)(C)C)N2C. The van der Waals surface area contributed by atoms with Gasteiger partial charge < -0.3 is 0 Å². The van der Waals surface area contributed by atoms with Crippen LogP contribution in [0.1, 0.15) is 64.1 Å². The van der Waals surface area contributed by atoms with Crippen molar-refractivity contribution in [2.75, 3.05) is 13.6 Å². The van der Waals surface area contributed by atoms with Crippen LogP contribution in [0.15, 0.2) is 24.3 Å². The van der Waals surface area contributed by atoms with Gasteiger partial charge >= 0.3 is 0 Å². The second-order valence-electron chi connectivity index (χ2n) is 8.17. The van der Waals surface area contributed by atoms with Crippen LogP contribution < -0.4 is 0 Å². The van der Waals surface area contributed by atoms with Crippen molar-refractivity contribution in [3.63, 3.8) is 0 Å². The van der Waals surface area contributed by atoms with Gasteiger partial charge in [0.15, 0.2) is 0 Å². The molecule has 3 saturated heterocycles. The van der Waals surface area contributed by atoms with E-state index in [1.807, 2.05) is 0 Å². The lowest BCUT2D eigenvalue weighted by atomic mass is 9.75. The molecule has 3 aliphatic rings. The van der Waals surface area contributed by atoms with E-state index in [0.717, 1.165) is 6.04 Å². The highest BCUT2D eigenvalue weighted by Crippen LogP contribution is 2.47. The average Bonchev–Trinajstić information content (AvgIpc) is 2.44. The summed E-state index contributed by atoms with van der Waals surface area (Å²) in [4.78, 5) is 5.34. The fraction of sp³-hybridized carbons (Fsp3) is 0.684. The molecule has 21 heavy (non-hydrogen) atoms. The van der Waals surface area contributed by atoms with Crippen molar-refractivity contribution >= 4 is 0 Å². The van der Waals surface area contributed by atoms with Crippen LogP contribution in [0.4, 0.5) is 0 Å². The monoisotopic (exact) mass is 286 g/mol. The van der Waals surface area contributed by atoms with E-state index in [2.05, 4.69) is 75.7 Å². The molecule has 1 aromatic carbocycles. The van der Waals surface area contributed by atoms with Crippen LogP contribution in [0.2, 0.25) is 0 Å². The summed E-state index contributed by atoms with van der Waals surface area (Å²) >= 11 is 0. The van der Waals surface area contributed by atoms with Crippen LogP contribution in [0.5, 0.6) is 0 Å². The highest BCUT2D eigenvalue weighted by atomic mass is 15.4. The van der Waals surface area contributed by atoms with Crippen LogP contribution in [-0.2, 0) is 0 Å². The Balaban J connectivity index is 2.04. The summed E-state index contributed by atoms with van der Waals surface area (Å²) in [5, 5.41) is 0. The van der Waals surface area contributed by atoms with Gasteiger partial charge in [0.1, 0.15) is 0 Å². The molecule has 3 aliphatic heterocycles. The summed E-state index contributed by atoms with van der Waals surface area (Å²) in [6.07, 6.45) is 1.36. The van der Waals surface area contributed by atoms with Crippen LogP contribution in [-0.4, -0.2) is 41.0 Å². The van der Waals surface area contributed by atoms with Gasteiger partial charge in [-0.1, -0.05) is 38.1 Å². The van der Waals surface area contributed by atoms with Crippen molar-refractivity contribution in [3.8, 4) is 0 Å². The number of hydrogen-bond donors (Lipinski definition) is 0. The summed E-state index contributed by atoms with van der Waals surface area (Å²) < 4.78 is 0. The first-order valence-corrected chi connectivity index (χ1v) is 8.38. The highest BCUT2D eigenvalue weighted by molar-refractivity contribution is 5.35. The van der Waals surface area contributed by atoms with E-state index in [9.17, 15) is 0 Å². The number of benzene rings is 1. The maximum absolute atomic E-state index is 2.74. The number of rotatable bonds is 2. The Hall–Kier alpha value is -0.860. The smallest absolute Gasteiger partial charge is 0.0512 e. The molecule has 2 nitrogen and oxygen atoms in total. The molecule has 0 amide bonds. The van der Waals surface area contributed by atoms with Crippen molar-refractivity contribution in [2.24, 2.45) is 0 Å². The first-order valence-electron chi connectivity index (χ1n) is 8.38. The number of piperidine rings is 1. The maximum Gasteiger partial charge on any atom is 0.0512 e. The molecule has 0 aliphatic carbocycles. The molecule has 0 radical (unpaired) electrons. The number of likely N-dealkylation sites (N-methyl/N-ethyl adjacent to an activating group) is 1. The summed E-state index contributed by atoms with van der Waals surface area (Å²) in [5.74, 6) is 0.589. The van der Waals surface area contributed by atoms with Crippen LogP contribution in [0.3, 0.4) is 0 Å². The Morgan fingerprint density at radius 3 is 2.38 bits per heavy atom. The molecule has 1 aromatic rings. The second-order valence-corrected chi connectivity index (χ2v) is 8.17. The van der Waals surface area contributed by atoms with Gasteiger partial charge in [-0.15, -0.1) is 0 Å². The molecule has 116 valence electrons. The van der Waals surface area contributed by atoms with E-state index in [0.29, 0.717) is 18.0 Å². The van der Waals surface area contributed by atoms with Gasteiger partial charge in [0, 0.05) is 24.2 Å². The molecule has 3 fully saturated rings. The van der Waals surface area contributed by atoms with Gasteiger partial charge in [-0.3, -0.25) is 9.80 Å². The minimum atomic E-state index is 0.229. The Morgan fingerprint density at radius 1 is 1.14 bits per heavy atom. The van der Waals surface area contributed by atoms with E-state index >= 15 is 0 Å². The Labute approximate surface area is 130 Å². The molecule has 4 rings (SSSR count). The number of fused-ring (bicyclic) bond motifs is 2. The van der Waals surface area contributed by atoms with E-state index < -0.39 is 0 Å². The zero-order chi connectivity index (χ0) is 15.4. The van der Waals surface area contributed by atoms with Crippen LogP contribution >= 0.6 is 0 Å². The van der Waals surface area contributed by atoms with Gasteiger partial charge in [-0.2, -0.15) is 0 Å². The molecule has 2 bridgehead atoms. The zero-order valence-corrected chi connectivity index (χ0v) is 14.4. The number of hydrogen-bond acceptors (Lipinski definition) is 2. The summed E-state index contributed by atoms with van der Waals surface area (Å²) in [5.41, 5.74) is 3.31. The molecule has 3 heterocycles. The molecule has 0 N–H and O–H groups in total. The normalized spacial score (nSPS) is 30.5. The highest BCUT2D eigenvalue weighted by Gasteiger charge is 2.52. The Kier molecular flexibility index (Phi) is 3.66. The van der Waals surface area contributed by atoms with E-state index in [1.54, 1.807) is 5.56 Å². The standard InChI is InChI=1S/C19H30N2/c1-13(2)15-9-7-8-10-16(15)18-17-11-14(20(17)6)12-21(18)19(3,4)5/h7-10,13-14,17-18H,11-12H2,1-6H3. The Morgan fingerprint density at radius 2 is 1.81 bits per heavy atom. The zero-order valence-electron chi connectivity index (χ0n) is 14.4. The third-order valence-corrected chi connectivity index (χ3v) is 5.52. The van der Waals surface area contributed by atoms with E-state index in [4.69, 9.17) is 0 Å². The summed E-state index contributed by atoms with van der Waals surface area (Å²) in [6, 6.07) is 11.1. The third-order valence-electron chi connectivity index (χ3n) is 5.52. The van der Waals surface area contributed by atoms with Crippen molar-refractivity contribution in [1.82, 2.24) is 9.80 Å². The van der Waals surface area contributed by atoms with Crippen molar-refractivity contribution in [1.29, 1.82) is 0 Å². The minimum Gasteiger partial charge on any atom is -0.297 e. The van der Waals surface area contributed by atoms with Crippen molar-refractivity contribution in [2.45, 2.75) is 70.6 Å². The number of nitrogens with zero attached hydrogens (tertiary/aromatic N) is 2. The third kappa shape index (κ3) is 2.43. The molecule has 2 heteroatoms. The summed E-state index contributed by atoms with van der Waals surface area (Å²) in [7, 11) is 2.31. The molecular formula is C19H30N2. The summed E-state index contributed by atoms with van der Waals surface area (Å²) in [6.45, 7) is 12.9. The largest absolute Gasteiger partial charge is 0.297 e. The Bertz CT molecular complexity index is 515. The first-order chi connectivity index (χ1) is 9.80. The lowest BCUT2D eigenvalue weighted by molar-refractivity contribution is -0.124. The average molecular weight is 286 g/mol. The predicted octanol–water partition coefficient (Wildman–Crippen LogP) is 4.04. The quantitative estimate of drug-likeness (QED) is 0.809. The van der Waals surface area contributed by atoms with Crippen molar-refractivity contribution in [3.05, 3.63) is 35.4 Å². The molecule has 3 unspecified atom stereocenters. The molecule has 0 saturated carbocycles. The fourth-order valence-corrected chi connectivity index (χ4v) is 4.22. The van der Waals surface area contributed by atoms with Gasteiger partial charge in [0.05, 0.1) is 6.04 Å². The second kappa shape index (κ2) is 5.10. The topological polar surface area (TPSA) is 6.48 Å². The lowest BCUT2D eigenvalue weighted by Crippen LogP contribution is -2.70. The van der Waals surface area contributed by atoms with Crippen LogP contribution in [0, 0.1) is 0 Å². The van der Waals surface area contributed by atoms with Crippen molar-refractivity contribution < 1.29 is 0 Å².